The van der Waals surface area contributed by atoms with Crippen molar-refractivity contribution in [1.29, 1.82) is 0 Å². The van der Waals surface area contributed by atoms with E-state index in [1.54, 1.807) is 24.3 Å². The van der Waals surface area contributed by atoms with Gasteiger partial charge in [-0.1, -0.05) is 16.8 Å². The van der Waals surface area contributed by atoms with Crippen LogP contribution in [0.25, 0.3) is 11.4 Å². The monoisotopic (exact) mass is 429 g/mol. The maximum atomic E-state index is 12.9. The van der Waals surface area contributed by atoms with Gasteiger partial charge in [0.25, 0.3) is 0 Å². The molecule has 0 saturated carbocycles. The van der Waals surface area contributed by atoms with E-state index in [2.05, 4.69) is 25.3 Å². The van der Waals surface area contributed by atoms with Gasteiger partial charge in [-0.3, -0.25) is 14.6 Å². The SMILES string of the molecule is O=C(CN1CCN(Cc2nc(-c3ccc(Cl)cc3)no2)CC1)Nc1ccc(F)cc1. The smallest absolute Gasteiger partial charge is 0.241 e. The molecule has 1 aliphatic rings. The fraction of sp³-hybridized carbons (Fsp3) is 0.286. The van der Waals surface area contributed by atoms with Crippen LogP contribution in [0.4, 0.5) is 10.1 Å². The van der Waals surface area contributed by atoms with Gasteiger partial charge in [0.05, 0.1) is 13.1 Å². The number of amides is 1. The molecule has 9 heteroatoms. The lowest BCUT2D eigenvalue weighted by atomic mass is 10.2. The lowest BCUT2D eigenvalue weighted by Crippen LogP contribution is -2.48. The molecule has 0 spiro atoms. The van der Waals surface area contributed by atoms with Crippen molar-refractivity contribution < 1.29 is 13.7 Å². The number of anilines is 1. The van der Waals surface area contributed by atoms with Crippen molar-refractivity contribution in [3.63, 3.8) is 0 Å². The Hall–Kier alpha value is -2.81. The number of hydrogen-bond donors (Lipinski definition) is 1. The molecule has 1 amide bonds. The van der Waals surface area contributed by atoms with Crippen molar-refractivity contribution in [2.75, 3.05) is 38.0 Å². The third kappa shape index (κ3) is 5.41. The third-order valence-corrected chi connectivity index (χ3v) is 5.14. The molecule has 0 unspecified atom stereocenters. The minimum Gasteiger partial charge on any atom is -0.338 e. The Kier molecular flexibility index (Phi) is 6.37. The Morgan fingerprint density at radius 2 is 1.70 bits per heavy atom. The van der Waals surface area contributed by atoms with Crippen molar-refractivity contribution in [2.45, 2.75) is 6.54 Å². The Bertz CT molecular complexity index is 985. The highest BCUT2D eigenvalue weighted by Crippen LogP contribution is 2.19. The largest absolute Gasteiger partial charge is 0.338 e. The van der Waals surface area contributed by atoms with Gasteiger partial charge in [-0.2, -0.15) is 4.98 Å². The van der Waals surface area contributed by atoms with E-state index in [0.717, 1.165) is 31.7 Å². The van der Waals surface area contributed by atoms with Crippen molar-refractivity contribution in [1.82, 2.24) is 19.9 Å². The summed E-state index contributed by atoms with van der Waals surface area (Å²) in [5.41, 5.74) is 1.44. The molecule has 7 nitrogen and oxygen atoms in total. The molecule has 1 N–H and O–H groups in total. The van der Waals surface area contributed by atoms with Crippen LogP contribution >= 0.6 is 11.6 Å². The Balaban J connectivity index is 1.23. The third-order valence-electron chi connectivity index (χ3n) is 4.89. The van der Waals surface area contributed by atoms with Crippen LogP contribution in [-0.4, -0.2) is 58.6 Å². The number of halogens is 2. The van der Waals surface area contributed by atoms with E-state index in [4.69, 9.17) is 16.1 Å². The first-order chi connectivity index (χ1) is 14.5. The normalized spacial score (nSPS) is 15.3. The minimum absolute atomic E-state index is 0.112. The zero-order valence-corrected chi connectivity index (χ0v) is 17.0. The summed E-state index contributed by atoms with van der Waals surface area (Å²) >= 11 is 5.91. The zero-order chi connectivity index (χ0) is 20.9. The molecule has 2 aromatic carbocycles. The molecule has 0 atom stereocenters. The van der Waals surface area contributed by atoms with Crippen molar-refractivity contribution in [3.05, 3.63) is 65.3 Å². The van der Waals surface area contributed by atoms with Crippen LogP contribution < -0.4 is 5.32 Å². The molecule has 4 rings (SSSR count). The molecule has 3 aromatic rings. The molecular formula is C21H21ClFN5O2. The van der Waals surface area contributed by atoms with Gasteiger partial charge in [0.2, 0.25) is 17.6 Å². The van der Waals surface area contributed by atoms with Crippen LogP contribution in [0.2, 0.25) is 5.02 Å². The summed E-state index contributed by atoms with van der Waals surface area (Å²) in [5.74, 6) is 0.658. The van der Waals surface area contributed by atoms with Crippen LogP contribution in [0.15, 0.2) is 53.1 Å². The standard InChI is InChI=1S/C21H21ClFN5O2/c22-16-3-1-15(2-4-16)21-25-20(30-26-21)14-28-11-9-27(10-12-28)13-19(29)24-18-7-5-17(23)6-8-18/h1-8H,9-14H2,(H,24,29). The summed E-state index contributed by atoms with van der Waals surface area (Å²) in [6, 6.07) is 13.0. The number of nitrogens with one attached hydrogen (secondary N) is 1. The average molecular weight is 430 g/mol. The number of benzene rings is 2. The predicted molar refractivity (Wildman–Crippen MR) is 111 cm³/mol. The number of nitrogens with zero attached hydrogens (tertiary/aromatic N) is 4. The first-order valence-corrected chi connectivity index (χ1v) is 10.0. The molecule has 0 aliphatic carbocycles. The van der Waals surface area contributed by atoms with Gasteiger partial charge in [-0.25, -0.2) is 4.39 Å². The molecule has 2 heterocycles. The topological polar surface area (TPSA) is 74.5 Å². The molecule has 1 aliphatic heterocycles. The highest BCUT2D eigenvalue weighted by molar-refractivity contribution is 6.30. The Labute approximate surface area is 178 Å². The maximum absolute atomic E-state index is 12.9. The highest BCUT2D eigenvalue weighted by Gasteiger charge is 2.21. The summed E-state index contributed by atoms with van der Waals surface area (Å²) in [5, 5.41) is 7.48. The summed E-state index contributed by atoms with van der Waals surface area (Å²) in [6.45, 7) is 3.97. The molecule has 1 fully saturated rings. The summed E-state index contributed by atoms with van der Waals surface area (Å²) in [4.78, 5) is 21.0. The lowest BCUT2D eigenvalue weighted by Gasteiger charge is -2.33. The van der Waals surface area contributed by atoms with Crippen molar-refractivity contribution in [3.8, 4) is 11.4 Å². The van der Waals surface area contributed by atoms with E-state index in [1.165, 1.54) is 12.1 Å². The van der Waals surface area contributed by atoms with E-state index in [1.807, 2.05) is 12.1 Å². The lowest BCUT2D eigenvalue weighted by molar-refractivity contribution is -0.117. The summed E-state index contributed by atoms with van der Waals surface area (Å²) in [6.07, 6.45) is 0. The second-order valence-electron chi connectivity index (χ2n) is 7.13. The second-order valence-corrected chi connectivity index (χ2v) is 7.56. The predicted octanol–water partition coefficient (Wildman–Crippen LogP) is 3.29. The number of aromatic nitrogens is 2. The van der Waals surface area contributed by atoms with Gasteiger partial charge in [0, 0.05) is 42.5 Å². The van der Waals surface area contributed by atoms with Gasteiger partial charge in [0.15, 0.2) is 0 Å². The van der Waals surface area contributed by atoms with Crippen LogP contribution in [0.1, 0.15) is 5.89 Å². The van der Waals surface area contributed by atoms with E-state index in [-0.39, 0.29) is 11.7 Å². The average Bonchev–Trinajstić information content (AvgIpc) is 3.20. The van der Waals surface area contributed by atoms with Gasteiger partial charge in [0.1, 0.15) is 5.82 Å². The molecule has 1 aromatic heterocycles. The molecule has 30 heavy (non-hydrogen) atoms. The number of carbonyl (C=O) groups excluding carboxylic acids is 1. The molecule has 0 bridgehead atoms. The molecule has 0 radical (unpaired) electrons. The van der Waals surface area contributed by atoms with Crippen molar-refractivity contribution >= 4 is 23.2 Å². The zero-order valence-electron chi connectivity index (χ0n) is 16.2. The van der Waals surface area contributed by atoms with Crippen molar-refractivity contribution in [2.24, 2.45) is 0 Å². The van der Waals surface area contributed by atoms with Crippen LogP contribution in [-0.2, 0) is 11.3 Å². The van der Waals surface area contributed by atoms with Gasteiger partial charge < -0.3 is 9.84 Å². The molecule has 1 saturated heterocycles. The van der Waals surface area contributed by atoms with E-state index >= 15 is 0 Å². The first-order valence-electron chi connectivity index (χ1n) is 9.64. The number of carbonyl (C=O) groups is 1. The summed E-state index contributed by atoms with van der Waals surface area (Å²) in [7, 11) is 0. The van der Waals surface area contributed by atoms with Gasteiger partial charge >= 0.3 is 0 Å². The van der Waals surface area contributed by atoms with E-state index < -0.39 is 0 Å². The van der Waals surface area contributed by atoms with Gasteiger partial charge in [-0.15, -0.1) is 0 Å². The van der Waals surface area contributed by atoms with Crippen LogP contribution in [0.5, 0.6) is 0 Å². The van der Waals surface area contributed by atoms with E-state index in [0.29, 0.717) is 35.5 Å². The highest BCUT2D eigenvalue weighted by atomic mass is 35.5. The summed E-state index contributed by atoms with van der Waals surface area (Å²) < 4.78 is 18.3. The fourth-order valence-electron chi connectivity index (χ4n) is 3.27. The van der Waals surface area contributed by atoms with Crippen LogP contribution in [0, 0.1) is 5.82 Å². The number of hydrogen-bond acceptors (Lipinski definition) is 6. The first kappa shape index (κ1) is 20.5. The Morgan fingerprint density at radius 1 is 1.03 bits per heavy atom. The van der Waals surface area contributed by atoms with Gasteiger partial charge in [-0.05, 0) is 48.5 Å². The fourth-order valence-corrected chi connectivity index (χ4v) is 3.39. The molecular weight excluding hydrogens is 409 g/mol. The quantitative estimate of drug-likeness (QED) is 0.648. The minimum atomic E-state index is -0.328. The van der Waals surface area contributed by atoms with E-state index in [9.17, 15) is 9.18 Å². The number of piperazine rings is 1. The molecule has 156 valence electrons. The van der Waals surface area contributed by atoms with Crippen LogP contribution in [0.3, 0.4) is 0 Å². The number of rotatable bonds is 6. The Morgan fingerprint density at radius 3 is 2.40 bits per heavy atom. The maximum Gasteiger partial charge on any atom is 0.241 e. The second kappa shape index (κ2) is 9.34.